The number of hydrogen-bond donors (Lipinski definition) is 1. The van der Waals surface area contributed by atoms with Crippen LogP contribution in [0.3, 0.4) is 0 Å². The molecule has 10 heteroatoms. The predicted octanol–water partition coefficient (Wildman–Crippen LogP) is 5.30. The number of thioether (sulfide) groups is 1. The fourth-order valence-electron chi connectivity index (χ4n) is 3.60. The van der Waals surface area contributed by atoms with Gasteiger partial charge in [0.25, 0.3) is 0 Å². The van der Waals surface area contributed by atoms with Crippen LogP contribution in [0.1, 0.15) is 22.3 Å². The molecule has 1 aliphatic rings. The summed E-state index contributed by atoms with van der Waals surface area (Å²) in [7, 11) is 2.90. The largest absolute Gasteiger partial charge is 0.497 e. The van der Waals surface area contributed by atoms with Crippen LogP contribution in [-0.4, -0.2) is 47.3 Å². The van der Waals surface area contributed by atoms with Gasteiger partial charge >= 0.3 is 5.97 Å². The predicted molar refractivity (Wildman–Crippen MR) is 144 cm³/mol. The molecule has 2 amide bonds. The highest BCUT2D eigenvalue weighted by molar-refractivity contribution is 8.15. The summed E-state index contributed by atoms with van der Waals surface area (Å²) in [5.41, 5.74) is 2.43. The molecule has 0 spiro atoms. The van der Waals surface area contributed by atoms with Gasteiger partial charge in [0.05, 0.1) is 32.0 Å². The van der Waals surface area contributed by atoms with Crippen molar-refractivity contribution in [1.82, 2.24) is 4.90 Å². The minimum Gasteiger partial charge on any atom is -0.497 e. The van der Waals surface area contributed by atoms with Gasteiger partial charge in [-0.05, 0) is 66.2 Å². The molecule has 3 aromatic rings. The van der Waals surface area contributed by atoms with Gasteiger partial charge in [-0.2, -0.15) is 0 Å². The van der Waals surface area contributed by atoms with Gasteiger partial charge in [0.15, 0.2) is 5.17 Å². The van der Waals surface area contributed by atoms with Crippen LogP contribution in [0.15, 0.2) is 77.8 Å². The monoisotopic (exact) mass is 537 g/mol. The van der Waals surface area contributed by atoms with Gasteiger partial charge in [-0.3, -0.25) is 14.5 Å². The maximum Gasteiger partial charge on any atom is 0.337 e. The Bertz CT molecular complexity index is 1310. The zero-order valence-corrected chi connectivity index (χ0v) is 21.7. The van der Waals surface area contributed by atoms with Crippen molar-refractivity contribution in [2.24, 2.45) is 4.99 Å². The van der Waals surface area contributed by atoms with Crippen molar-refractivity contribution >= 4 is 57.7 Å². The van der Waals surface area contributed by atoms with Crippen LogP contribution in [0.2, 0.25) is 5.02 Å². The molecule has 0 unspecified atom stereocenters. The van der Waals surface area contributed by atoms with E-state index in [1.165, 1.54) is 18.9 Å². The van der Waals surface area contributed by atoms with Gasteiger partial charge in [0.1, 0.15) is 11.0 Å². The van der Waals surface area contributed by atoms with Crippen molar-refractivity contribution in [3.05, 3.63) is 88.9 Å². The van der Waals surface area contributed by atoms with Crippen LogP contribution < -0.4 is 10.1 Å². The summed E-state index contributed by atoms with van der Waals surface area (Å²) in [5, 5.41) is 3.23. The van der Waals surface area contributed by atoms with Crippen molar-refractivity contribution < 1.29 is 23.9 Å². The van der Waals surface area contributed by atoms with E-state index >= 15 is 0 Å². The minimum atomic E-state index is -0.640. The molecule has 0 bridgehead atoms. The minimum absolute atomic E-state index is 0.0407. The van der Waals surface area contributed by atoms with Crippen molar-refractivity contribution in [3.8, 4) is 5.75 Å². The number of hydrogen-bond acceptors (Lipinski definition) is 7. The molecule has 0 saturated carbocycles. The van der Waals surface area contributed by atoms with E-state index in [2.05, 4.69) is 15.0 Å². The van der Waals surface area contributed by atoms with Crippen molar-refractivity contribution in [2.75, 3.05) is 19.5 Å². The summed E-state index contributed by atoms with van der Waals surface area (Å²) < 4.78 is 9.90. The maximum atomic E-state index is 13.4. The van der Waals surface area contributed by atoms with E-state index in [1.807, 2.05) is 24.3 Å². The number of nitrogens with one attached hydrogen (secondary N) is 1. The Balaban J connectivity index is 1.50. The Labute approximate surface area is 223 Å². The molecule has 37 heavy (non-hydrogen) atoms. The number of amidine groups is 1. The first-order valence-electron chi connectivity index (χ1n) is 11.3. The molecule has 1 saturated heterocycles. The van der Waals surface area contributed by atoms with Gasteiger partial charge in [-0.15, -0.1) is 0 Å². The summed E-state index contributed by atoms with van der Waals surface area (Å²) in [5.74, 6) is -0.274. The van der Waals surface area contributed by atoms with Crippen LogP contribution in [0.25, 0.3) is 0 Å². The summed E-state index contributed by atoms with van der Waals surface area (Å²) in [6, 6.07) is 20.8. The summed E-state index contributed by atoms with van der Waals surface area (Å²) >= 11 is 7.24. The van der Waals surface area contributed by atoms with Gasteiger partial charge in [-0.25, -0.2) is 9.79 Å². The first-order chi connectivity index (χ1) is 17.9. The Kier molecular flexibility index (Phi) is 8.47. The second-order valence-corrected chi connectivity index (χ2v) is 9.68. The number of carbonyl (C=O) groups excluding carboxylic acids is 3. The number of rotatable bonds is 8. The van der Waals surface area contributed by atoms with E-state index in [9.17, 15) is 14.4 Å². The third-order valence-corrected chi connectivity index (χ3v) is 6.96. The number of esters is 1. The number of benzene rings is 3. The summed E-state index contributed by atoms with van der Waals surface area (Å²) in [4.78, 5) is 44.0. The quantitative estimate of drug-likeness (QED) is 0.392. The highest BCUT2D eigenvalue weighted by Crippen LogP contribution is 2.33. The molecule has 1 aliphatic heterocycles. The highest BCUT2D eigenvalue weighted by atomic mass is 35.5. The third kappa shape index (κ3) is 6.69. The standard InChI is InChI=1S/C27H24ClN3O5S/c1-35-22-13-3-17(4-14-22)16-31-25(33)23(37-27(31)30-21-11-7-19(28)8-12-21)15-24(32)29-20-9-5-18(6-10-20)26(34)36-2/h3-14,23H,15-16H2,1-2H3,(H,29,32)/t23-/m0/s1. The molecule has 1 N–H and O–H groups in total. The molecule has 8 nitrogen and oxygen atoms in total. The van der Waals surface area contributed by atoms with Crippen LogP contribution in [0, 0.1) is 0 Å². The number of anilines is 1. The van der Waals surface area contributed by atoms with Crippen LogP contribution >= 0.6 is 23.4 Å². The van der Waals surface area contributed by atoms with E-state index < -0.39 is 11.2 Å². The lowest BCUT2D eigenvalue weighted by Crippen LogP contribution is -2.33. The second kappa shape index (κ2) is 11.9. The molecule has 4 rings (SSSR count). The highest BCUT2D eigenvalue weighted by Gasteiger charge is 2.39. The third-order valence-electron chi connectivity index (χ3n) is 5.53. The summed E-state index contributed by atoms with van der Waals surface area (Å²) in [6.07, 6.45) is -0.0407. The number of nitrogens with zero attached hydrogens (tertiary/aromatic N) is 2. The molecule has 1 atom stereocenters. The fourth-order valence-corrected chi connectivity index (χ4v) is 4.88. The SMILES string of the molecule is COC(=O)c1ccc(NC(=O)C[C@@H]2SC(=Nc3ccc(Cl)cc3)N(Cc3ccc(OC)cc3)C2=O)cc1. The number of aliphatic imine (C=N–C) groups is 1. The molecular formula is C27H24ClN3O5S. The van der Waals surface area contributed by atoms with Crippen molar-refractivity contribution in [3.63, 3.8) is 0 Å². The number of methoxy groups -OCH3 is 2. The topological polar surface area (TPSA) is 97.3 Å². The Morgan fingerprint density at radius 2 is 1.68 bits per heavy atom. The molecule has 0 radical (unpaired) electrons. The Morgan fingerprint density at radius 1 is 1.00 bits per heavy atom. The smallest absolute Gasteiger partial charge is 0.337 e. The van der Waals surface area contributed by atoms with Crippen LogP contribution in [0.5, 0.6) is 5.75 Å². The molecule has 3 aromatic carbocycles. The lowest BCUT2D eigenvalue weighted by molar-refractivity contribution is -0.128. The fraction of sp³-hybridized carbons (Fsp3) is 0.185. The molecule has 1 fully saturated rings. The van der Waals surface area contributed by atoms with Crippen LogP contribution in [-0.2, 0) is 20.9 Å². The zero-order valence-electron chi connectivity index (χ0n) is 20.1. The van der Waals surface area contributed by atoms with E-state index in [4.69, 9.17) is 16.3 Å². The number of ether oxygens (including phenoxy) is 2. The van der Waals surface area contributed by atoms with Crippen LogP contribution in [0.4, 0.5) is 11.4 Å². The maximum absolute atomic E-state index is 13.4. The average molecular weight is 538 g/mol. The average Bonchev–Trinajstić information content (AvgIpc) is 3.19. The van der Waals surface area contributed by atoms with Gasteiger partial charge < -0.3 is 14.8 Å². The normalized spacial score (nSPS) is 16.1. The molecular weight excluding hydrogens is 514 g/mol. The number of halogens is 1. The van der Waals surface area contributed by atoms with E-state index in [-0.39, 0.29) is 18.2 Å². The van der Waals surface area contributed by atoms with Gasteiger partial charge in [0, 0.05) is 17.1 Å². The lowest BCUT2D eigenvalue weighted by Gasteiger charge is -2.17. The Morgan fingerprint density at radius 3 is 2.30 bits per heavy atom. The zero-order chi connectivity index (χ0) is 26.4. The van der Waals surface area contributed by atoms with E-state index in [0.717, 1.165) is 11.3 Å². The van der Waals surface area contributed by atoms with E-state index in [0.29, 0.717) is 33.7 Å². The lowest BCUT2D eigenvalue weighted by atomic mass is 10.2. The molecule has 0 aromatic heterocycles. The van der Waals surface area contributed by atoms with Gasteiger partial charge in [-0.1, -0.05) is 35.5 Å². The first kappa shape index (κ1) is 26.2. The molecule has 1 heterocycles. The van der Waals surface area contributed by atoms with Crippen molar-refractivity contribution in [2.45, 2.75) is 18.2 Å². The second-order valence-electron chi connectivity index (χ2n) is 8.07. The Hall–Kier alpha value is -3.82. The number of carbonyl (C=O) groups is 3. The summed E-state index contributed by atoms with van der Waals surface area (Å²) in [6.45, 7) is 0.301. The van der Waals surface area contributed by atoms with Crippen molar-refractivity contribution in [1.29, 1.82) is 0 Å². The molecule has 190 valence electrons. The van der Waals surface area contributed by atoms with Gasteiger partial charge in [0.2, 0.25) is 11.8 Å². The molecule has 0 aliphatic carbocycles. The number of amides is 2. The first-order valence-corrected chi connectivity index (χ1v) is 12.6. The van der Waals surface area contributed by atoms with E-state index in [1.54, 1.807) is 60.5 Å².